The number of halogens is 1. The van der Waals surface area contributed by atoms with Crippen LogP contribution in [0.5, 0.6) is 0 Å². The van der Waals surface area contributed by atoms with Crippen LogP contribution in [0.3, 0.4) is 0 Å². The third kappa shape index (κ3) is 5.19. The number of β-amino-alcohol motifs (C(OH)–C–C–N with tert-alkyl or cyclic N) is 1. The van der Waals surface area contributed by atoms with Crippen LogP contribution in [0.25, 0.3) is 22.5 Å². The molecule has 2 aliphatic heterocycles. The second-order valence-electron chi connectivity index (χ2n) is 10.3. The number of nitriles is 1. The average molecular weight is 573 g/mol. The molecule has 1 saturated heterocycles. The summed E-state index contributed by atoms with van der Waals surface area (Å²) in [6.45, 7) is 4.62. The molecule has 1 aromatic carbocycles. The Morgan fingerprint density at radius 2 is 2.05 bits per heavy atom. The van der Waals surface area contributed by atoms with Crippen molar-refractivity contribution in [3.05, 3.63) is 64.8 Å². The smallest absolute Gasteiger partial charge is 0.236 e. The topological polar surface area (TPSA) is 114 Å². The molecule has 1 amide bonds. The number of aliphatic hydroxyl groups is 1. The van der Waals surface area contributed by atoms with Gasteiger partial charge >= 0.3 is 0 Å². The van der Waals surface area contributed by atoms with E-state index in [1.807, 2.05) is 29.5 Å². The number of thiazole rings is 1. The number of aryl methyl sites for hydroxylation is 1. The number of aromatic nitrogens is 4. The minimum absolute atomic E-state index is 0.0502. The van der Waals surface area contributed by atoms with Gasteiger partial charge in [-0.05, 0) is 42.7 Å². The lowest BCUT2D eigenvalue weighted by Crippen LogP contribution is -2.56. The predicted molar refractivity (Wildman–Crippen MR) is 154 cm³/mol. The van der Waals surface area contributed by atoms with E-state index < -0.39 is 6.10 Å². The first-order chi connectivity index (χ1) is 19.8. The van der Waals surface area contributed by atoms with Gasteiger partial charge in [0, 0.05) is 45.0 Å². The summed E-state index contributed by atoms with van der Waals surface area (Å²) in [7, 11) is 1.91. The zero-order valence-corrected chi connectivity index (χ0v) is 23.6. The van der Waals surface area contributed by atoms with E-state index in [4.69, 9.17) is 15.0 Å². The predicted octanol–water partition coefficient (Wildman–Crippen LogP) is 3.49. The van der Waals surface area contributed by atoms with E-state index in [1.165, 1.54) is 23.5 Å². The summed E-state index contributed by atoms with van der Waals surface area (Å²) in [5.41, 5.74) is 4.74. The number of imidazole rings is 1. The summed E-state index contributed by atoms with van der Waals surface area (Å²) in [6, 6.07) is 8.22. The quantitative estimate of drug-likeness (QED) is 0.358. The lowest BCUT2D eigenvalue weighted by molar-refractivity contribution is -0.142. The number of carbonyl (C=O) groups excluding carboxylic acids is 1. The molecule has 0 bridgehead atoms. The number of anilines is 2. The van der Waals surface area contributed by atoms with E-state index in [0.29, 0.717) is 59.5 Å². The van der Waals surface area contributed by atoms with Crippen molar-refractivity contribution in [2.45, 2.75) is 25.9 Å². The molecule has 210 valence electrons. The van der Waals surface area contributed by atoms with Crippen molar-refractivity contribution in [3.63, 3.8) is 0 Å². The molecule has 0 aliphatic carbocycles. The molecular weight excluding hydrogens is 543 g/mol. The maximum Gasteiger partial charge on any atom is 0.236 e. The van der Waals surface area contributed by atoms with Crippen molar-refractivity contribution in [2.24, 2.45) is 0 Å². The molecule has 0 spiro atoms. The fourth-order valence-corrected chi connectivity index (χ4v) is 6.06. The first kappa shape index (κ1) is 27.0. The molecule has 12 heteroatoms. The van der Waals surface area contributed by atoms with Gasteiger partial charge in [-0.2, -0.15) is 5.26 Å². The molecule has 0 saturated carbocycles. The normalized spacial score (nSPS) is 16.0. The Balaban J connectivity index is 1.27. The van der Waals surface area contributed by atoms with Crippen LogP contribution < -0.4 is 4.90 Å². The van der Waals surface area contributed by atoms with Crippen LogP contribution in [-0.2, 0) is 11.2 Å². The van der Waals surface area contributed by atoms with Crippen molar-refractivity contribution >= 4 is 39.4 Å². The average Bonchev–Trinajstić information content (AvgIpc) is 3.57. The van der Waals surface area contributed by atoms with Crippen LogP contribution in [0.15, 0.2) is 42.7 Å². The van der Waals surface area contributed by atoms with Crippen LogP contribution >= 0.6 is 11.3 Å². The maximum absolute atomic E-state index is 13.5. The number of likely N-dealkylation sites (tertiary alicyclic amines) is 1. The fraction of sp³-hybridized carbons (Fsp3) is 0.345. The highest BCUT2D eigenvalue weighted by Crippen LogP contribution is 2.37. The third-order valence-corrected chi connectivity index (χ3v) is 8.56. The van der Waals surface area contributed by atoms with Crippen LogP contribution in [0.2, 0.25) is 0 Å². The Labute approximate surface area is 240 Å². The maximum atomic E-state index is 13.5. The minimum Gasteiger partial charge on any atom is -0.389 e. The number of benzene rings is 1. The SMILES string of the molecule is CCc1nc2cnc(C3=CCN(CC(=O)N4CC(O)C4)CC3)cn2c1N(C)c1nc(-c2ccc(F)cc2)c(C#N)s1. The van der Waals surface area contributed by atoms with Gasteiger partial charge in [0.05, 0.1) is 30.2 Å². The molecule has 0 radical (unpaired) electrons. The number of hydrogen-bond acceptors (Lipinski definition) is 9. The summed E-state index contributed by atoms with van der Waals surface area (Å²) >= 11 is 1.28. The highest BCUT2D eigenvalue weighted by atomic mass is 32.1. The number of amides is 1. The second-order valence-corrected chi connectivity index (χ2v) is 11.2. The Bertz CT molecular complexity index is 1680. The molecule has 5 heterocycles. The molecule has 2 aliphatic rings. The van der Waals surface area contributed by atoms with Crippen molar-refractivity contribution in [1.29, 1.82) is 5.26 Å². The molecule has 1 fully saturated rings. The van der Waals surface area contributed by atoms with Crippen LogP contribution in [0.1, 0.15) is 29.6 Å². The van der Waals surface area contributed by atoms with E-state index in [2.05, 4.69) is 17.0 Å². The Kier molecular flexibility index (Phi) is 7.25. The van der Waals surface area contributed by atoms with E-state index >= 15 is 0 Å². The monoisotopic (exact) mass is 572 g/mol. The Morgan fingerprint density at radius 3 is 2.71 bits per heavy atom. The van der Waals surface area contributed by atoms with Crippen molar-refractivity contribution in [1.82, 2.24) is 29.2 Å². The lowest BCUT2D eigenvalue weighted by Gasteiger charge is -2.37. The van der Waals surface area contributed by atoms with E-state index in [9.17, 15) is 19.6 Å². The Morgan fingerprint density at radius 1 is 1.27 bits per heavy atom. The molecule has 6 rings (SSSR count). The standard InChI is InChI=1S/C29H29FN8O2S/c1-3-22-28(35(2)29-34-27(24(12-31)41-29)19-4-6-20(30)7-5-19)38-16-23(32-13-25(38)33-22)18-8-10-36(11-9-18)17-26(40)37-14-21(39)15-37/h4-8,13,16,21,39H,3,9-11,14-15,17H2,1-2H3. The fourth-order valence-electron chi connectivity index (χ4n) is 5.21. The molecule has 41 heavy (non-hydrogen) atoms. The molecule has 0 atom stereocenters. The third-order valence-electron chi connectivity index (χ3n) is 7.52. The van der Waals surface area contributed by atoms with Gasteiger partial charge in [-0.15, -0.1) is 0 Å². The van der Waals surface area contributed by atoms with Gasteiger partial charge in [-0.1, -0.05) is 24.3 Å². The first-order valence-corrected chi connectivity index (χ1v) is 14.3. The molecule has 3 aromatic heterocycles. The zero-order chi connectivity index (χ0) is 28.7. The molecule has 0 unspecified atom stereocenters. The summed E-state index contributed by atoms with van der Waals surface area (Å²) in [5, 5.41) is 19.9. The zero-order valence-electron chi connectivity index (χ0n) is 22.8. The number of nitrogens with zero attached hydrogens (tertiary/aromatic N) is 8. The van der Waals surface area contributed by atoms with Gasteiger partial charge in [-0.3, -0.25) is 19.1 Å². The largest absolute Gasteiger partial charge is 0.389 e. The number of fused-ring (bicyclic) bond motifs is 1. The molecule has 4 aromatic rings. The van der Waals surface area contributed by atoms with E-state index in [1.54, 1.807) is 23.2 Å². The number of rotatable bonds is 7. The number of aliphatic hydroxyl groups excluding tert-OH is 1. The highest BCUT2D eigenvalue weighted by molar-refractivity contribution is 7.16. The van der Waals surface area contributed by atoms with Gasteiger partial charge < -0.3 is 14.9 Å². The summed E-state index contributed by atoms with van der Waals surface area (Å²) in [6.07, 6.45) is 6.93. The van der Waals surface area contributed by atoms with Gasteiger partial charge in [0.1, 0.15) is 28.3 Å². The van der Waals surface area contributed by atoms with Crippen molar-refractivity contribution in [2.75, 3.05) is 44.7 Å². The van der Waals surface area contributed by atoms with Gasteiger partial charge in [0.2, 0.25) is 5.91 Å². The first-order valence-electron chi connectivity index (χ1n) is 13.5. The van der Waals surface area contributed by atoms with Gasteiger partial charge in [0.25, 0.3) is 0 Å². The Hall–Kier alpha value is -4.18. The number of hydrogen-bond donors (Lipinski definition) is 1. The molecular formula is C29H29FN8O2S. The summed E-state index contributed by atoms with van der Waals surface area (Å²) in [5.74, 6) is 0.550. The molecule has 10 nitrogen and oxygen atoms in total. The van der Waals surface area contributed by atoms with Gasteiger partial charge in [0.15, 0.2) is 10.8 Å². The van der Waals surface area contributed by atoms with Crippen molar-refractivity contribution in [3.8, 4) is 17.3 Å². The van der Waals surface area contributed by atoms with Crippen LogP contribution in [0, 0.1) is 17.1 Å². The van der Waals surface area contributed by atoms with Crippen LogP contribution in [-0.4, -0.2) is 86.0 Å². The van der Waals surface area contributed by atoms with E-state index in [-0.39, 0.29) is 11.7 Å². The minimum atomic E-state index is -0.394. The number of carbonyl (C=O) groups is 1. The highest BCUT2D eigenvalue weighted by Gasteiger charge is 2.30. The molecule has 1 N–H and O–H groups in total. The summed E-state index contributed by atoms with van der Waals surface area (Å²) in [4.78, 5) is 32.9. The van der Waals surface area contributed by atoms with Crippen LogP contribution in [0.4, 0.5) is 15.3 Å². The summed E-state index contributed by atoms with van der Waals surface area (Å²) < 4.78 is 15.5. The van der Waals surface area contributed by atoms with E-state index in [0.717, 1.165) is 35.7 Å². The van der Waals surface area contributed by atoms with Crippen molar-refractivity contribution < 1.29 is 14.3 Å². The lowest BCUT2D eigenvalue weighted by atomic mass is 10.0. The second kappa shape index (κ2) is 11.0. The van der Waals surface area contributed by atoms with Gasteiger partial charge in [-0.25, -0.2) is 14.4 Å².